The molecule has 2 atom stereocenters. The molecule has 0 bridgehead atoms. The van der Waals surface area contributed by atoms with Crippen molar-refractivity contribution in [3.63, 3.8) is 0 Å². The predicted octanol–water partition coefficient (Wildman–Crippen LogP) is 14.4. The zero-order valence-electron chi connectivity index (χ0n) is 39.6. The number of hydrogen-bond donors (Lipinski definition) is 0. The summed E-state index contributed by atoms with van der Waals surface area (Å²) in [5, 5.41) is 0. The summed E-state index contributed by atoms with van der Waals surface area (Å²) in [7, 11) is 0. The lowest BCUT2D eigenvalue weighted by Crippen LogP contribution is -2.64. The summed E-state index contributed by atoms with van der Waals surface area (Å²) in [5.74, 6) is 0. The van der Waals surface area contributed by atoms with Gasteiger partial charge in [-0.2, -0.15) is 0 Å². The lowest BCUT2D eigenvalue weighted by atomic mass is 9.33. The highest BCUT2D eigenvalue weighted by Gasteiger charge is 2.61. The molecular formula is C60H62BN3. The summed E-state index contributed by atoms with van der Waals surface area (Å²) in [4.78, 5) is 7.99. The van der Waals surface area contributed by atoms with E-state index in [0.717, 1.165) is 17.8 Å². The molecular weight excluding hydrogens is 773 g/mol. The van der Waals surface area contributed by atoms with Gasteiger partial charge in [0.25, 0.3) is 6.71 Å². The van der Waals surface area contributed by atoms with Crippen LogP contribution in [0.2, 0.25) is 0 Å². The minimum Gasteiger partial charge on any atom is -0.335 e. The number of anilines is 8. The van der Waals surface area contributed by atoms with E-state index in [-0.39, 0.29) is 28.5 Å². The molecule has 4 aliphatic rings. The van der Waals surface area contributed by atoms with Gasteiger partial charge in [-0.05, 0) is 149 Å². The molecule has 7 aromatic carbocycles. The predicted molar refractivity (Wildman–Crippen MR) is 276 cm³/mol. The number of benzene rings is 7. The third-order valence-corrected chi connectivity index (χ3v) is 15.8. The van der Waals surface area contributed by atoms with Gasteiger partial charge in [0.15, 0.2) is 0 Å². The first-order chi connectivity index (χ1) is 30.5. The van der Waals surface area contributed by atoms with Crippen molar-refractivity contribution in [3.8, 4) is 11.1 Å². The highest BCUT2D eigenvalue weighted by atomic mass is 15.3. The molecule has 320 valence electrons. The van der Waals surface area contributed by atoms with Crippen LogP contribution in [-0.2, 0) is 16.2 Å². The quantitative estimate of drug-likeness (QED) is 0.160. The van der Waals surface area contributed by atoms with Crippen molar-refractivity contribution in [2.24, 2.45) is 0 Å². The fourth-order valence-electron chi connectivity index (χ4n) is 12.0. The van der Waals surface area contributed by atoms with E-state index in [1.165, 1.54) is 109 Å². The van der Waals surface area contributed by atoms with Crippen LogP contribution in [0.15, 0.2) is 146 Å². The Kier molecular flexibility index (Phi) is 9.08. The van der Waals surface area contributed by atoms with Gasteiger partial charge in [0, 0.05) is 45.2 Å². The molecule has 64 heavy (non-hydrogen) atoms. The number of rotatable bonds is 5. The van der Waals surface area contributed by atoms with Crippen molar-refractivity contribution in [3.05, 3.63) is 173 Å². The van der Waals surface area contributed by atoms with Crippen LogP contribution in [0.3, 0.4) is 0 Å². The molecule has 3 heterocycles. The number of nitrogens with zero attached hydrogens (tertiary/aromatic N) is 3. The molecule has 11 rings (SSSR count). The van der Waals surface area contributed by atoms with E-state index in [9.17, 15) is 0 Å². The molecule has 1 fully saturated rings. The second kappa shape index (κ2) is 14.3. The van der Waals surface area contributed by atoms with Crippen LogP contribution in [0, 0.1) is 13.8 Å². The van der Waals surface area contributed by atoms with Gasteiger partial charge in [0.05, 0.1) is 11.2 Å². The van der Waals surface area contributed by atoms with Gasteiger partial charge >= 0.3 is 0 Å². The largest absolute Gasteiger partial charge is 0.335 e. The molecule has 1 saturated carbocycles. The summed E-state index contributed by atoms with van der Waals surface area (Å²) in [6.45, 7) is 23.5. The van der Waals surface area contributed by atoms with Gasteiger partial charge in [-0.1, -0.05) is 157 Å². The molecule has 0 aromatic heterocycles. The first kappa shape index (κ1) is 40.8. The Labute approximate surface area is 382 Å². The third kappa shape index (κ3) is 6.08. The maximum Gasteiger partial charge on any atom is 0.252 e. The summed E-state index contributed by atoms with van der Waals surface area (Å²) in [5.41, 5.74) is 23.5. The maximum atomic E-state index is 2.88. The Hall–Kier alpha value is -6.00. The van der Waals surface area contributed by atoms with Crippen molar-refractivity contribution in [1.29, 1.82) is 0 Å². The van der Waals surface area contributed by atoms with Crippen LogP contribution < -0.4 is 31.1 Å². The molecule has 0 N–H and O–H groups in total. The Morgan fingerprint density at radius 2 is 1.12 bits per heavy atom. The molecule has 0 amide bonds. The number of fused-ring (bicyclic) bond motifs is 7. The fraction of sp³-hybridized carbons (Fsp3) is 0.300. The minimum atomic E-state index is -0.121. The maximum absolute atomic E-state index is 2.88. The molecule has 2 unspecified atom stereocenters. The normalized spacial score (nSPS) is 19.5. The van der Waals surface area contributed by atoms with Crippen molar-refractivity contribution in [2.45, 2.75) is 117 Å². The first-order valence-corrected chi connectivity index (χ1v) is 23.8. The van der Waals surface area contributed by atoms with E-state index in [1.807, 2.05) is 0 Å². The summed E-state index contributed by atoms with van der Waals surface area (Å²) in [6, 6.07) is 56.5. The van der Waals surface area contributed by atoms with Crippen LogP contribution in [0.5, 0.6) is 0 Å². The van der Waals surface area contributed by atoms with E-state index in [0.29, 0.717) is 0 Å². The summed E-state index contributed by atoms with van der Waals surface area (Å²) >= 11 is 0. The fourth-order valence-corrected chi connectivity index (χ4v) is 12.0. The zero-order valence-corrected chi connectivity index (χ0v) is 39.6. The summed E-state index contributed by atoms with van der Waals surface area (Å²) in [6.07, 6.45) is 4.80. The smallest absolute Gasteiger partial charge is 0.252 e. The third-order valence-electron chi connectivity index (χ3n) is 15.8. The van der Waals surface area contributed by atoms with Gasteiger partial charge < -0.3 is 14.7 Å². The molecule has 0 spiro atoms. The van der Waals surface area contributed by atoms with Crippen molar-refractivity contribution >= 4 is 68.6 Å². The highest BCUT2D eigenvalue weighted by molar-refractivity contribution is 7.00. The van der Waals surface area contributed by atoms with Crippen LogP contribution in [-0.4, -0.2) is 12.3 Å². The zero-order chi connectivity index (χ0) is 44.5. The van der Waals surface area contributed by atoms with Crippen molar-refractivity contribution in [2.75, 3.05) is 14.7 Å². The van der Waals surface area contributed by atoms with Crippen LogP contribution >= 0.6 is 0 Å². The first-order valence-electron chi connectivity index (χ1n) is 23.8. The average Bonchev–Trinajstić information content (AvgIpc) is 3.49. The Morgan fingerprint density at radius 3 is 1.75 bits per heavy atom. The van der Waals surface area contributed by atoms with E-state index in [1.54, 1.807) is 0 Å². The Morgan fingerprint density at radius 1 is 0.531 bits per heavy atom. The van der Waals surface area contributed by atoms with E-state index in [2.05, 4.69) is 230 Å². The van der Waals surface area contributed by atoms with Gasteiger partial charge in [-0.15, -0.1) is 0 Å². The number of hydrogen-bond acceptors (Lipinski definition) is 3. The van der Waals surface area contributed by atoms with E-state index < -0.39 is 0 Å². The minimum absolute atomic E-state index is 0.0339. The second-order valence-corrected chi connectivity index (χ2v) is 22.0. The molecule has 7 aromatic rings. The number of aryl methyl sites for hydroxylation is 2. The highest BCUT2D eigenvalue weighted by Crippen LogP contribution is 2.62. The van der Waals surface area contributed by atoms with Gasteiger partial charge in [-0.3, -0.25) is 0 Å². The van der Waals surface area contributed by atoms with Crippen molar-refractivity contribution < 1.29 is 0 Å². The van der Waals surface area contributed by atoms with Crippen LogP contribution in [0.4, 0.5) is 45.5 Å². The van der Waals surface area contributed by atoms with Crippen LogP contribution in [0.25, 0.3) is 11.1 Å². The summed E-state index contributed by atoms with van der Waals surface area (Å²) < 4.78 is 0. The lowest BCUT2D eigenvalue weighted by Gasteiger charge is -2.53. The topological polar surface area (TPSA) is 9.72 Å². The standard InChI is InChI=1S/C60H62BN3/c1-39-18-25-47(26-19-39)63-52-31-20-40(2)34-50(52)61-51-36-42(41-16-12-11-13-17-41)35-49-56(51)64(60(10)33-15-14-32-59(49,60)9)54-38-48(37-53(63)55(54)61)62(45-27-21-43(22-28-45)57(3,4)5)46-29-23-44(24-30-46)58(6,7)8/h11-13,16-31,34-38H,14-15,32-33H2,1-10H3. The Balaban J connectivity index is 1.25. The monoisotopic (exact) mass is 836 g/mol. The van der Waals surface area contributed by atoms with Crippen LogP contribution in [0.1, 0.15) is 109 Å². The molecule has 0 saturated heterocycles. The van der Waals surface area contributed by atoms with E-state index >= 15 is 0 Å². The lowest BCUT2D eigenvalue weighted by molar-refractivity contribution is 0.195. The molecule has 1 aliphatic carbocycles. The Bertz CT molecular complexity index is 2900. The van der Waals surface area contributed by atoms with Gasteiger partial charge in [-0.25, -0.2) is 0 Å². The van der Waals surface area contributed by atoms with Gasteiger partial charge in [0.1, 0.15) is 0 Å². The molecule has 4 heteroatoms. The molecule has 3 nitrogen and oxygen atoms in total. The SMILES string of the molecule is Cc1ccc(N2c3ccc(C)cc3B3c4cc(-c5ccccc5)cc5c4N(c4cc(N(c6ccc(C(C)(C)C)cc6)c6ccc(C(C)(C)C)cc6)cc2c43)C2(C)CCCCC52C)cc1. The van der Waals surface area contributed by atoms with E-state index in [4.69, 9.17) is 0 Å². The van der Waals surface area contributed by atoms with Crippen molar-refractivity contribution in [1.82, 2.24) is 0 Å². The second-order valence-electron chi connectivity index (χ2n) is 22.0. The van der Waals surface area contributed by atoms with Gasteiger partial charge in [0.2, 0.25) is 0 Å². The molecule has 0 radical (unpaired) electrons. The average molecular weight is 836 g/mol. The molecule has 3 aliphatic heterocycles.